The number of hydrogen-bond acceptors (Lipinski definition) is 6. The number of imidazole rings is 1. The number of allylic oxidation sites excluding steroid dienone is 1. The molecule has 4 aromatic rings. The predicted molar refractivity (Wildman–Crippen MR) is 137 cm³/mol. The highest BCUT2D eigenvalue weighted by molar-refractivity contribution is 14.1. The number of nitrogens with zero attached hydrogens (tertiary/aromatic N) is 3. The number of hydrogen-bond donors (Lipinski definition) is 1. The summed E-state index contributed by atoms with van der Waals surface area (Å²) in [6.45, 7) is 2.54. The lowest BCUT2D eigenvalue weighted by Crippen LogP contribution is -2.02. The lowest BCUT2D eigenvalue weighted by Gasteiger charge is -2.15. The van der Waals surface area contributed by atoms with Gasteiger partial charge < -0.3 is 14.5 Å². The summed E-state index contributed by atoms with van der Waals surface area (Å²) in [7, 11) is 0. The minimum absolute atomic E-state index is 0.0298. The zero-order valence-electron chi connectivity index (χ0n) is 18.1. The molecule has 0 unspecified atom stereocenters. The van der Waals surface area contributed by atoms with Crippen molar-refractivity contribution in [2.24, 2.45) is 0 Å². The summed E-state index contributed by atoms with van der Waals surface area (Å²) >= 11 is 2.16. The second-order valence-corrected chi connectivity index (χ2v) is 8.41. The van der Waals surface area contributed by atoms with Crippen LogP contribution in [0.3, 0.4) is 0 Å². The maximum Gasteiger partial charge on any atom is 0.269 e. The number of nitro benzene ring substituents is 1. The molecule has 0 atom stereocenters. The van der Waals surface area contributed by atoms with E-state index in [1.54, 1.807) is 18.2 Å². The van der Waals surface area contributed by atoms with Crippen molar-refractivity contribution < 1.29 is 14.4 Å². The van der Waals surface area contributed by atoms with E-state index in [-0.39, 0.29) is 12.3 Å². The number of nitriles is 1. The molecule has 8 nitrogen and oxygen atoms in total. The molecule has 3 aromatic carbocycles. The molecule has 0 saturated carbocycles. The standard InChI is InChI=1S/C25H19IN4O4/c1-2-33-23-13-17(11-18(14-27)25-28-21-5-3-4-6-22(21)29-25)12-20(26)24(23)34-15-16-7-9-19(10-8-16)30(31)32/h3-13H,2,15H2,1H3,(H,28,29)/b18-11+. The van der Waals surface area contributed by atoms with Crippen LogP contribution in [0.5, 0.6) is 11.5 Å². The molecule has 0 amide bonds. The quantitative estimate of drug-likeness (QED) is 0.119. The van der Waals surface area contributed by atoms with E-state index in [1.165, 1.54) is 12.1 Å². The summed E-state index contributed by atoms with van der Waals surface area (Å²) in [4.78, 5) is 18.1. The van der Waals surface area contributed by atoms with E-state index >= 15 is 0 Å². The molecule has 9 heteroatoms. The van der Waals surface area contributed by atoms with Gasteiger partial charge in [-0.15, -0.1) is 0 Å². The summed E-state index contributed by atoms with van der Waals surface area (Å²) in [5.74, 6) is 1.61. The van der Waals surface area contributed by atoms with Gasteiger partial charge in [-0.1, -0.05) is 12.1 Å². The molecule has 0 radical (unpaired) electrons. The number of nitro groups is 1. The molecule has 0 bridgehead atoms. The fourth-order valence-corrected chi connectivity index (χ4v) is 4.13. The van der Waals surface area contributed by atoms with Crippen molar-refractivity contribution in [2.75, 3.05) is 6.61 Å². The number of aromatic amines is 1. The third kappa shape index (κ3) is 5.18. The maximum atomic E-state index is 10.8. The molecule has 0 fully saturated rings. The molecule has 0 aliphatic carbocycles. The molecule has 1 aromatic heterocycles. The Hall–Kier alpha value is -3.91. The van der Waals surface area contributed by atoms with Crippen LogP contribution >= 0.6 is 22.6 Å². The molecule has 34 heavy (non-hydrogen) atoms. The first-order valence-corrected chi connectivity index (χ1v) is 11.5. The van der Waals surface area contributed by atoms with Crippen molar-refractivity contribution in [2.45, 2.75) is 13.5 Å². The number of H-pyrrole nitrogens is 1. The maximum absolute atomic E-state index is 10.8. The third-order valence-corrected chi connectivity index (χ3v) is 5.74. The fraction of sp³-hybridized carbons (Fsp3) is 0.120. The lowest BCUT2D eigenvalue weighted by molar-refractivity contribution is -0.384. The average Bonchev–Trinajstić information content (AvgIpc) is 3.26. The Morgan fingerprint density at radius 3 is 2.65 bits per heavy atom. The summed E-state index contributed by atoms with van der Waals surface area (Å²) in [5, 5.41) is 20.6. The molecule has 1 heterocycles. The zero-order chi connectivity index (χ0) is 24.1. The Kier molecular flexibility index (Phi) is 7.08. The van der Waals surface area contributed by atoms with E-state index < -0.39 is 4.92 Å². The van der Waals surface area contributed by atoms with Gasteiger partial charge in [-0.05, 0) is 83.1 Å². The predicted octanol–water partition coefficient (Wildman–Crippen LogP) is 6.12. The zero-order valence-corrected chi connectivity index (χ0v) is 20.3. The van der Waals surface area contributed by atoms with Crippen LogP contribution in [0, 0.1) is 25.0 Å². The number of para-hydroxylation sites is 2. The summed E-state index contributed by atoms with van der Waals surface area (Å²) < 4.78 is 12.6. The number of rotatable bonds is 8. The van der Waals surface area contributed by atoms with Crippen molar-refractivity contribution in [3.8, 4) is 17.6 Å². The topological polar surface area (TPSA) is 114 Å². The van der Waals surface area contributed by atoms with Crippen LogP contribution in [0.2, 0.25) is 0 Å². The Morgan fingerprint density at radius 2 is 1.97 bits per heavy atom. The van der Waals surface area contributed by atoms with E-state index in [4.69, 9.17) is 9.47 Å². The number of nitrogens with one attached hydrogen (secondary N) is 1. The van der Waals surface area contributed by atoms with Crippen LogP contribution in [-0.4, -0.2) is 21.5 Å². The molecule has 170 valence electrons. The monoisotopic (exact) mass is 566 g/mol. The number of non-ortho nitro benzene ring substituents is 1. The molecular weight excluding hydrogens is 547 g/mol. The minimum atomic E-state index is -0.437. The van der Waals surface area contributed by atoms with Crippen LogP contribution in [0.25, 0.3) is 22.7 Å². The minimum Gasteiger partial charge on any atom is -0.490 e. The first-order valence-electron chi connectivity index (χ1n) is 10.4. The van der Waals surface area contributed by atoms with Crippen LogP contribution in [0.4, 0.5) is 5.69 Å². The second-order valence-electron chi connectivity index (χ2n) is 7.25. The van der Waals surface area contributed by atoms with Crippen LogP contribution < -0.4 is 9.47 Å². The van der Waals surface area contributed by atoms with Crippen molar-refractivity contribution in [1.82, 2.24) is 9.97 Å². The van der Waals surface area contributed by atoms with Gasteiger partial charge in [-0.2, -0.15) is 5.26 Å². The number of fused-ring (bicyclic) bond motifs is 1. The number of aromatic nitrogens is 2. The van der Waals surface area contributed by atoms with Gasteiger partial charge in [0.2, 0.25) is 0 Å². The summed E-state index contributed by atoms with van der Waals surface area (Å²) in [6, 6.07) is 19.8. The normalized spacial score (nSPS) is 11.3. The Balaban J connectivity index is 1.62. The van der Waals surface area contributed by atoms with E-state index in [0.29, 0.717) is 29.5 Å². The van der Waals surface area contributed by atoms with E-state index in [2.05, 4.69) is 38.6 Å². The van der Waals surface area contributed by atoms with Crippen LogP contribution in [0.15, 0.2) is 60.7 Å². The molecule has 0 saturated heterocycles. The van der Waals surface area contributed by atoms with Gasteiger partial charge in [0, 0.05) is 12.1 Å². The third-order valence-electron chi connectivity index (χ3n) is 4.94. The van der Waals surface area contributed by atoms with Crippen LogP contribution in [0.1, 0.15) is 23.9 Å². The van der Waals surface area contributed by atoms with Crippen LogP contribution in [-0.2, 0) is 6.61 Å². The van der Waals surface area contributed by atoms with Gasteiger partial charge in [-0.25, -0.2) is 4.98 Å². The van der Waals surface area contributed by atoms with Gasteiger partial charge in [0.1, 0.15) is 18.5 Å². The first-order chi connectivity index (χ1) is 16.5. The largest absolute Gasteiger partial charge is 0.490 e. The molecule has 4 rings (SSSR count). The first kappa shape index (κ1) is 23.3. The second kappa shape index (κ2) is 10.4. The molecule has 0 aliphatic rings. The van der Waals surface area contributed by atoms with Gasteiger partial charge >= 0.3 is 0 Å². The fourth-order valence-electron chi connectivity index (χ4n) is 3.34. The van der Waals surface area contributed by atoms with Crippen molar-refractivity contribution in [1.29, 1.82) is 5.26 Å². The Morgan fingerprint density at radius 1 is 1.21 bits per heavy atom. The lowest BCUT2D eigenvalue weighted by atomic mass is 10.1. The average molecular weight is 566 g/mol. The van der Waals surface area contributed by atoms with E-state index in [1.807, 2.05) is 43.3 Å². The highest BCUT2D eigenvalue weighted by Crippen LogP contribution is 2.36. The van der Waals surface area contributed by atoms with Crippen molar-refractivity contribution in [3.63, 3.8) is 0 Å². The number of ether oxygens (including phenoxy) is 2. The van der Waals surface area contributed by atoms with Gasteiger partial charge in [0.25, 0.3) is 5.69 Å². The Bertz CT molecular complexity index is 1390. The van der Waals surface area contributed by atoms with E-state index in [9.17, 15) is 15.4 Å². The molecule has 0 spiro atoms. The van der Waals surface area contributed by atoms with Crippen molar-refractivity contribution in [3.05, 3.63) is 91.3 Å². The smallest absolute Gasteiger partial charge is 0.269 e. The van der Waals surface area contributed by atoms with Gasteiger partial charge in [-0.3, -0.25) is 10.1 Å². The van der Waals surface area contributed by atoms with Crippen molar-refractivity contribution >= 4 is 51.0 Å². The highest BCUT2D eigenvalue weighted by atomic mass is 127. The molecule has 0 aliphatic heterocycles. The highest BCUT2D eigenvalue weighted by Gasteiger charge is 2.14. The van der Waals surface area contributed by atoms with E-state index in [0.717, 1.165) is 25.7 Å². The molecule has 1 N–H and O–H groups in total. The number of benzene rings is 3. The SMILES string of the molecule is CCOc1cc(/C=C(\C#N)c2nc3ccccc3[nH]2)cc(I)c1OCc1ccc([N+](=O)[O-])cc1. The molecular formula is C25H19IN4O4. The summed E-state index contributed by atoms with van der Waals surface area (Å²) in [5.41, 5.74) is 3.64. The summed E-state index contributed by atoms with van der Waals surface area (Å²) in [6.07, 6.45) is 1.75. The Labute approximate surface area is 209 Å². The number of halogens is 1. The van der Waals surface area contributed by atoms with Gasteiger partial charge in [0.05, 0.1) is 31.7 Å². The van der Waals surface area contributed by atoms with Gasteiger partial charge in [0.15, 0.2) is 11.5 Å².